The molecule has 0 atom stereocenters. The third-order valence-electron chi connectivity index (χ3n) is 2.93. The number of ether oxygens (including phenoxy) is 1. The molecule has 1 aromatic heterocycles. The van der Waals surface area contributed by atoms with E-state index in [-0.39, 0.29) is 11.3 Å². The van der Waals surface area contributed by atoms with Crippen molar-refractivity contribution in [1.82, 2.24) is 4.98 Å². The van der Waals surface area contributed by atoms with Gasteiger partial charge in [0, 0.05) is 29.3 Å². The van der Waals surface area contributed by atoms with Gasteiger partial charge in [0.25, 0.3) is 0 Å². The summed E-state index contributed by atoms with van der Waals surface area (Å²) in [5.74, 6) is -1.07. The first-order valence-corrected chi connectivity index (χ1v) is 7.03. The summed E-state index contributed by atoms with van der Waals surface area (Å²) in [5.41, 5.74) is 6.70. The van der Waals surface area contributed by atoms with Crippen LogP contribution in [0.1, 0.15) is 23.2 Å². The second kappa shape index (κ2) is 6.67. The first kappa shape index (κ1) is 14.7. The molecule has 106 valence electrons. The molecule has 6 heteroatoms. The maximum absolute atomic E-state index is 10.8. The number of carbonyl (C=O) groups is 1. The molecule has 1 aromatic carbocycles. The number of carboxylic acids is 1. The van der Waals surface area contributed by atoms with Crippen LogP contribution >= 0.6 is 15.9 Å². The maximum Gasteiger partial charge on any atom is 0.339 e. The Morgan fingerprint density at radius 3 is 2.60 bits per heavy atom. The second-order valence-electron chi connectivity index (χ2n) is 4.37. The summed E-state index contributed by atoms with van der Waals surface area (Å²) in [6.45, 7) is 2.00. The number of hydrogen-bond donors (Lipinski definition) is 2. The number of nitrogen functional groups attached to an aromatic ring is 1. The number of aromatic carboxylic acids is 1. The van der Waals surface area contributed by atoms with Crippen molar-refractivity contribution >= 4 is 38.5 Å². The topological polar surface area (TPSA) is 85.4 Å². The zero-order valence-corrected chi connectivity index (χ0v) is 12.4. The number of anilines is 1. The SMILES string of the molecule is C1CCOC1.Nc1c(C(=O)O)cnc2ccc(Br)cc12. The molecular weight excluding hydrogens is 324 g/mol. The summed E-state index contributed by atoms with van der Waals surface area (Å²) in [7, 11) is 0. The Kier molecular flexibility index (Phi) is 4.92. The summed E-state index contributed by atoms with van der Waals surface area (Å²) in [6, 6.07) is 5.36. The Bertz CT molecular complexity index is 619. The monoisotopic (exact) mass is 338 g/mol. The highest BCUT2D eigenvalue weighted by atomic mass is 79.9. The molecule has 5 nitrogen and oxygen atoms in total. The lowest BCUT2D eigenvalue weighted by Gasteiger charge is -2.05. The third kappa shape index (κ3) is 3.46. The number of rotatable bonds is 1. The highest BCUT2D eigenvalue weighted by Crippen LogP contribution is 2.25. The van der Waals surface area contributed by atoms with Gasteiger partial charge in [0.1, 0.15) is 5.56 Å². The maximum atomic E-state index is 10.8. The first-order chi connectivity index (χ1) is 9.59. The largest absolute Gasteiger partial charge is 0.478 e. The van der Waals surface area contributed by atoms with Crippen LogP contribution in [0.4, 0.5) is 5.69 Å². The van der Waals surface area contributed by atoms with E-state index in [1.807, 2.05) is 6.07 Å². The molecule has 3 rings (SSSR count). The van der Waals surface area contributed by atoms with Crippen molar-refractivity contribution in [3.8, 4) is 0 Å². The highest BCUT2D eigenvalue weighted by Gasteiger charge is 2.11. The van der Waals surface area contributed by atoms with E-state index in [0.717, 1.165) is 17.7 Å². The van der Waals surface area contributed by atoms with E-state index in [4.69, 9.17) is 15.6 Å². The number of hydrogen-bond acceptors (Lipinski definition) is 4. The Morgan fingerprint density at radius 2 is 2.05 bits per heavy atom. The Balaban J connectivity index is 0.000000247. The van der Waals surface area contributed by atoms with Gasteiger partial charge in [0.15, 0.2) is 0 Å². The molecule has 0 radical (unpaired) electrons. The van der Waals surface area contributed by atoms with Gasteiger partial charge in [-0.05, 0) is 31.0 Å². The Labute approximate surface area is 124 Å². The van der Waals surface area contributed by atoms with Crippen molar-refractivity contribution in [2.45, 2.75) is 12.8 Å². The van der Waals surface area contributed by atoms with E-state index >= 15 is 0 Å². The number of nitrogens with two attached hydrogens (primary N) is 1. The van der Waals surface area contributed by atoms with Crippen molar-refractivity contribution < 1.29 is 14.6 Å². The van der Waals surface area contributed by atoms with Crippen LogP contribution in [-0.4, -0.2) is 29.3 Å². The second-order valence-corrected chi connectivity index (χ2v) is 5.29. The number of aromatic nitrogens is 1. The highest BCUT2D eigenvalue weighted by molar-refractivity contribution is 9.10. The molecule has 1 aliphatic rings. The summed E-state index contributed by atoms with van der Waals surface area (Å²) in [4.78, 5) is 14.8. The zero-order chi connectivity index (χ0) is 14.5. The summed E-state index contributed by atoms with van der Waals surface area (Å²) in [5, 5.41) is 9.51. The fourth-order valence-electron chi connectivity index (χ4n) is 1.87. The minimum atomic E-state index is -1.07. The molecular formula is C14H15BrN2O3. The smallest absolute Gasteiger partial charge is 0.339 e. The van der Waals surface area contributed by atoms with Gasteiger partial charge in [0.2, 0.25) is 0 Å². The van der Waals surface area contributed by atoms with E-state index in [1.54, 1.807) is 12.1 Å². The van der Waals surface area contributed by atoms with Crippen LogP contribution in [0, 0.1) is 0 Å². The van der Waals surface area contributed by atoms with E-state index in [9.17, 15) is 4.79 Å². The van der Waals surface area contributed by atoms with Gasteiger partial charge in [0.05, 0.1) is 11.2 Å². The molecule has 2 heterocycles. The normalized spacial score (nSPS) is 13.8. The Morgan fingerprint density at radius 1 is 1.35 bits per heavy atom. The molecule has 1 saturated heterocycles. The van der Waals surface area contributed by atoms with Crippen LogP contribution in [0.15, 0.2) is 28.9 Å². The van der Waals surface area contributed by atoms with Crippen molar-refractivity contribution in [3.05, 3.63) is 34.4 Å². The van der Waals surface area contributed by atoms with Crippen LogP contribution in [0.3, 0.4) is 0 Å². The quantitative estimate of drug-likeness (QED) is 0.834. The summed E-state index contributed by atoms with van der Waals surface area (Å²) < 4.78 is 5.78. The van der Waals surface area contributed by atoms with E-state index in [0.29, 0.717) is 10.9 Å². The van der Waals surface area contributed by atoms with Gasteiger partial charge in [-0.25, -0.2) is 4.79 Å². The molecule has 0 spiro atoms. The van der Waals surface area contributed by atoms with E-state index in [1.165, 1.54) is 19.0 Å². The minimum Gasteiger partial charge on any atom is -0.478 e. The van der Waals surface area contributed by atoms with Gasteiger partial charge in [-0.1, -0.05) is 15.9 Å². The number of fused-ring (bicyclic) bond motifs is 1. The standard InChI is InChI=1S/C10H7BrN2O2.C4H8O/c11-5-1-2-8-6(3-5)9(12)7(4-13-8)10(14)15;1-2-4-5-3-1/h1-4H,(H2,12,13)(H,14,15);1-4H2. The van der Waals surface area contributed by atoms with Crippen molar-refractivity contribution in [3.63, 3.8) is 0 Å². The van der Waals surface area contributed by atoms with Crippen LogP contribution in [0.25, 0.3) is 10.9 Å². The third-order valence-corrected chi connectivity index (χ3v) is 3.42. The molecule has 1 fully saturated rings. The lowest BCUT2D eigenvalue weighted by molar-refractivity contribution is 0.0698. The molecule has 1 aliphatic heterocycles. The van der Waals surface area contributed by atoms with Crippen molar-refractivity contribution in [2.75, 3.05) is 18.9 Å². The molecule has 3 N–H and O–H groups in total. The fourth-order valence-corrected chi connectivity index (χ4v) is 2.23. The Hall–Kier alpha value is -1.66. The van der Waals surface area contributed by atoms with Gasteiger partial charge in [-0.2, -0.15) is 0 Å². The minimum absolute atomic E-state index is 0.0283. The molecule has 0 bridgehead atoms. The van der Waals surface area contributed by atoms with Gasteiger partial charge < -0.3 is 15.6 Å². The predicted molar refractivity (Wildman–Crippen MR) is 80.9 cm³/mol. The average molecular weight is 339 g/mol. The molecule has 0 unspecified atom stereocenters. The van der Waals surface area contributed by atoms with Gasteiger partial charge in [-0.15, -0.1) is 0 Å². The summed E-state index contributed by atoms with van der Waals surface area (Å²) in [6.07, 6.45) is 3.83. The predicted octanol–water partition coefficient (Wildman–Crippen LogP) is 3.07. The fraction of sp³-hybridized carbons (Fsp3) is 0.286. The molecule has 0 saturated carbocycles. The lowest BCUT2D eigenvalue weighted by Crippen LogP contribution is -2.03. The summed E-state index contributed by atoms with van der Waals surface area (Å²) >= 11 is 3.30. The number of pyridine rings is 1. The van der Waals surface area contributed by atoms with E-state index < -0.39 is 5.97 Å². The zero-order valence-electron chi connectivity index (χ0n) is 10.8. The number of halogens is 1. The lowest BCUT2D eigenvalue weighted by atomic mass is 10.1. The first-order valence-electron chi connectivity index (χ1n) is 6.24. The molecule has 2 aromatic rings. The number of carboxylic acid groups (broad SMARTS) is 1. The molecule has 0 aliphatic carbocycles. The van der Waals surface area contributed by atoms with Crippen LogP contribution in [0.5, 0.6) is 0 Å². The van der Waals surface area contributed by atoms with Crippen LogP contribution in [-0.2, 0) is 4.74 Å². The molecule has 20 heavy (non-hydrogen) atoms. The van der Waals surface area contributed by atoms with E-state index in [2.05, 4.69) is 20.9 Å². The van der Waals surface area contributed by atoms with Gasteiger partial charge in [-0.3, -0.25) is 4.98 Å². The number of nitrogens with zero attached hydrogens (tertiary/aromatic N) is 1. The van der Waals surface area contributed by atoms with Crippen LogP contribution in [0.2, 0.25) is 0 Å². The van der Waals surface area contributed by atoms with Crippen molar-refractivity contribution in [1.29, 1.82) is 0 Å². The van der Waals surface area contributed by atoms with Crippen LogP contribution < -0.4 is 5.73 Å². The van der Waals surface area contributed by atoms with Crippen molar-refractivity contribution in [2.24, 2.45) is 0 Å². The average Bonchev–Trinajstić information content (AvgIpc) is 2.98. The number of benzene rings is 1. The van der Waals surface area contributed by atoms with Gasteiger partial charge >= 0.3 is 5.97 Å². The molecule has 0 amide bonds.